The Labute approximate surface area is 149 Å². The zero-order chi connectivity index (χ0) is 18.0. The summed E-state index contributed by atoms with van der Waals surface area (Å²) in [5.74, 6) is 0.285. The van der Waals surface area contributed by atoms with E-state index in [0.29, 0.717) is 12.6 Å². The number of carbonyl (C=O) groups is 1. The maximum atomic E-state index is 12.9. The molecule has 0 aliphatic carbocycles. The van der Waals surface area contributed by atoms with Crippen LogP contribution in [0.4, 0.5) is 5.69 Å². The van der Waals surface area contributed by atoms with Crippen molar-refractivity contribution in [1.29, 1.82) is 0 Å². The Morgan fingerprint density at radius 1 is 1.20 bits per heavy atom. The molecule has 0 aromatic carbocycles. The van der Waals surface area contributed by atoms with Gasteiger partial charge in [0.05, 0.1) is 17.8 Å². The Hall–Kier alpha value is -1.89. The molecule has 1 amide bonds. The van der Waals surface area contributed by atoms with Crippen LogP contribution >= 0.6 is 0 Å². The molecule has 138 valence electrons. The lowest BCUT2D eigenvalue weighted by atomic mass is 9.96. The predicted octanol–water partition coefficient (Wildman–Crippen LogP) is 0.549. The fraction of sp³-hybridized carbons (Fsp3) is 0.722. The number of aryl methyl sites for hydroxylation is 1. The highest BCUT2D eigenvalue weighted by molar-refractivity contribution is 5.80. The van der Waals surface area contributed by atoms with Crippen LogP contribution in [0.15, 0.2) is 17.1 Å². The third-order valence-electron chi connectivity index (χ3n) is 5.45. The summed E-state index contributed by atoms with van der Waals surface area (Å²) in [7, 11) is 1.64. The van der Waals surface area contributed by atoms with Gasteiger partial charge in [-0.25, -0.2) is 4.68 Å². The van der Waals surface area contributed by atoms with E-state index in [4.69, 9.17) is 0 Å². The number of anilines is 1. The van der Waals surface area contributed by atoms with Crippen LogP contribution < -0.4 is 10.5 Å². The van der Waals surface area contributed by atoms with Gasteiger partial charge in [0.1, 0.15) is 0 Å². The molecule has 1 atom stereocenters. The summed E-state index contributed by atoms with van der Waals surface area (Å²) in [6.07, 6.45) is 3.62. The average Bonchev–Trinajstić information content (AvgIpc) is 2.63. The number of aromatic nitrogens is 2. The molecule has 7 heteroatoms. The van der Waals surface area contributed by atoms with E-state index in [1.165, 1.54) is 4.68 Å². The summed E-state index contributed by atoms with van der Waals surface area (Å²) in [6, 6.07) is 2.15. The van der Waals surface area contributed by atoms with E-state index in [1.807, 2.05) is 4.90 Å². The predicted molar refractivity (Wildman–Crippen MR) is 97.7 cm³/mol. The molecule has 3 heterocycles. The smallest absolute Gasteiger partial charge is 0.268 e. The number of piperazine rings is 1. The molecule has 0 spiro atoms. The summed E-state index contributed by atoms with van der Waals surface area (Å²) in [4.78, 5) is 31.3. The standard InChI is InChI=1S/C18H29N5O2/c1-14(2)21-7-9-22(10-8-21)18(25)15-5-4-6-23(13-15)16-11-17(24)20(3)19-12-16/h11-12,14-15H,4-10,13H2,1-3H3. The maximum absolute atomic E-state index is 12.9. The molecule has 2 aliphatic rings. The molecule has 0 radical (unpaired) electrons. The number of amides is 1. The Balaban J connectivity index is 1.62. The lowest BCUT2D eigenvalue weighted by Crippen LogP contribution is -2.53. The number of hydrogen-bond acceptors (Lipinski definition) is 5. The molecule has 3 rings (SSSR count). The lowest BCUT2D eigenvalue weighted by Gasteiger charge is -2.40. The van der Waals surface area contributed by atoms with Crippen LogP contribution in [-0.4, -0.2) is 70.8 Å². The van der Waals surface area contributed by atoms with Crippen molar-refractivity contribution in [3.63, 3.8) is 0 Å². The third kappa shape index (κ3) is 4.03. The van der Waals surface area contributed by atoms with Gasteiger partial charge in [-0.15, -0.1) is 0 Å². The Morgan fingerprint density at radius 3 is 2.56 bits per heavy atom. The number of hydrogen-bond donors (Lipinski definition) is 0. The Kier molecular flexibility index (Phi) is 5.42. The van der Waals surface area contributed by atoms with E-state index in [9.17, 15) is 9.59 Å². The molecule has 0 saturated carbocycles. The molecular formula is C18H29N5O2. The van der Waals surface area contributed by atoms with E-state index in [1.54, 1.807) is 19.3 Å². The summed E-state index contributed by atoms with van der Waals surface area (Å²) in [6.45, 7) is 9.51. The Bertz CT molecular complexity index is 664. The van der Waals surface area contributed by atoms with Gasteiger partial charge in [0.25, 0.3) is 5.56 Å². The molecule has 1 unspecified atom stereocenters. The van der Waals surface area contributed by atoms with Crippen molar-refractivity contribution in [3.8, 4) is 0 Å². The van der Waals surface area contributed by atoms with Crippen molar-refractivity contribution in [3.05, 3.63) is 22.6 Å². The first-order chi connectivity index (χ1) is 12.0. The Morgan fingerprint density at radius 2 is 1.92 bits per heavy atom. The maximum Gasteiger partial charge on any atom is 0.268 e. The van der Waals surface area contributed by atoms with Gasteiger partial charge in [-0.2, -0.15) is 5.10 Å². The number of rotatable bonds is 3. The van der Waals surface area contributed by atoms with Crippen LogP contribution in [0.5, 0.6) is 0 Å². The minimum atomic E-state index is -0.115. The zero-order valence-corrected chi connectivity index (χ0v) is 15.5. The van der Waals surface area contributed by atoms with Crippen molar-refractivity contribution in [1.82, 2.24) is 19.6 Å². The number of carbonyl (C=O) groups excluding carboxylic acids is 1. The zero-order valence-electron chi connectivity index (χ0n) is 15.5. The minimum absolute atomic E-state index is 0.0170. The van der Waals surface area contributed by atoms with Gasteiger partial charge in [0.2, 0.25) is 5.91 Å². The largest absolute Gasteiger partial charge is 0.369 e. The normalized spacial score (nSPS) is 22.5. The van der Waals surface area contributed by atoms with Crippen molar-refractivity contribution < 1.29 is 4.79 Å². The quantitative estimate of drug-likeness (QED) is 0.799. The van der Waals surface area contributed by atoms with E-state index in [2.05, 4.69) is 28.7 Å². The number of piperidine rings is 1. The second-order valence-corrected chi connectivity index (χ2v) is 7.42. The molecule has 25 heavy (non-hydrogen) atoms. The fourth-order valence-electron chi connectivity index (χ4n) is 3.76. The molecule has 1 aromatic heterocycles. The first-order valence-corrected chi connectivity index (χ1v) is 9.27. The highest BCUT2D eigenvalue weighted by Gasteiger charge is 2.31. The first-order valence-electron chi connectivity index (χ1n) is 9.27. The monoisotopic (exact) mass is 347 g/mol. The van der Waals surface area contributed by atoms with Crippen molar-refractivity contribution >= 4 is 11.6 Å². The third-order valence-corrected chi connectivity index (χ3v) is 5.45. The molecule has 2 aliphatic heterocycles. The first kappa shape index (κ1) is 17.9. The van der Waals surface area contributed by atoms with Crippen molar-refractivity contribution in [2.75, 3.05) is 44.2 Å². The van der Waals surface area contributed by atoms with E-state index >= 15 is 0 Å². The van der Waals surface area contributed by atoms with Crippen molar-refractivity contribution in [2.24, 2.45) is 13.0 Å². The summed E-state index contributed by atoms with van der Waals surface area (Å²) in [5, 5.41) is 4.10. The molecule has 1 aromatic rings. The second kappa shape index (κ2) is 7.56. The van der Waals surface area contributed by atoms with Gasteiger partial charge >= 0.3 is 0 Å². The SMILES string of the molecule is CC(C)N1CCN(C(=O)C2CCCN(c3cnn(C)c(=O)c3)C2)CC1. The molecule has 0 bridgehead atoms. The second-order valence-electron chi connectivity index (χ2n) is 7.42. The molecule has 2 fully saturated rings. The highest BCUT2D eigenvalue weighted by Crippen LogP contribution is 2.23. The lowest BCUT2D eigenvalue weighted by molar-refractivity contribution is -0.137. The molecular weight excluding hydrogens is 318 g/mol. The van der Waals surface area contributed by atoms with Crippen LogP contribution in [0.1, 0.15) is 26.7 Å². The van der Waals surface area contributed by atoms with Crippen molar-refractivity contribution in [2.45, 2.75) is 32.7 Å². The summed E-state index contributed by atoms with van der Waals surface area (Å²) >= 11 is 0. The fourth-order valence-corrected chi connectivity index (χ4v) is 3.76. The molecule has 7 nitrogen and oxygen atoms in total. The van der Waals surface area contributed by atoms with E-state index in [0.717, 1.165) is 51.3 Å². The van der Waals surface area contributed by atoms with Gasteiger partial charge in [-0.3, -0.25) is 14.5 Å². The number of nitrogens with zero attached hydrogens (tertiary/aromatic N) is 5. The van der Waals surface area contributed by atoms with Crippen LogP contribution in [0, 0.1) is 5.92 Å². The van der Waals surface area contributed by atoms with Crippen LogP contribution in [0.2, 0.25) is 0 Å². The van der Waals surface area contributed by atoms with Gasteiger partial charge in [0, 0.05) is 58.4 Å². The van der Waals surface area contributed by atoms with Crippen LogP contribution in [-0.2, 0) is 11.8 Å². The van der Waals surface area contributed by atoms with Crippen LogP contribution in [0.25, 0.3) is 0 Å². The molecule has 2 saturated heterocycles. The topological polar surface area (TPSA) is 61.7 Å². The minimum Gasteiger partial charge on any atom is -0.369 e. The summed E-state index contributed by atoms with van der Waals surface area (Å²) in [5.41, 5.74) is 0.709. The van der Waals surface area contributed by atoms with Gasteiger partial charge in [-0.05, 0) is 26.7 Å². The van der Waals surface area contributed by atoms with Gasteiger partial charge < -0.3 is 9.80 Å². The molecule has 0 N–H and O–H groups in total. The highest BCUT2D eigenvalue weighted by atomic mass is 16.2. The summed E-state index contributed by atoms with van der Waals surface area (Å²) < 4.78 is 1.32. The van der Waals surface area contributed by atoms with Gasteiger partial charge in [-0.1, -0.05) is 0 Å². The van der Waals surface area contributed by atoms with Crippen LogP contribution in [0.3, 0.4) is 0 Å². The van der Waals surface area contributed by atoms with E-state index < -0.39 is 0 Å². The van der Waals surface area contributed by atoms with E-state index in [-0.39, 0.29) is 17.4 Å². The average molecular weight is 347 g/mol. The van der Waals surface area contributed by atoms with Gasteiger partial charge in [0.15, 0.2) is 0 Å².